The molecule has 3 unspecified atom stereocenters. The molecule has 0 aromatic heterocycles. The number of hydrogen-bond acceptors (Lipinski definition) is 6. The third-order valence-corrected chi connectivity index (χ3v) is 6.37. The summed E-state index contributed by atoms with van der Waals surface area (Å²) in [6.07, 6.45) is 1.10. The third-order valence-electron chi connectivity index (χ3n) is 6.37. The van der Waals surface area contributed by atoms with Gasteiger partial charge in [-0.1, -0.05) is 42.5 Å². The lowest BCUT2D eigenvalue weighted by Gasteiger charge is -2.37. The molecule has 34 heavy (non-hydrogen) atoms. The summed E-state index contributed by atoms with van der Waals surface area (Å²) in [4.78, 5) is 32.5. The molecule has 4 rings (SSSR count). The fourth-order valence-corrected chi connectivity index (χ4v) is 4.52. The number of carbonyl (C=O) groups excluding carboxylic acids is 2. The predicted octanol–water partition coefficient (Wildman–Crippen LogP) is 5.46. The Bertz CT molecular complexity index is 1260. The fraction of sp³-hybridized carbons (Fsp3) is 0.296. The normalized spacial score (nSPS) is 18.6. The largest absolute Gasteiger partial charge is 0.493 e. The molecule has 1 aliphatic rings. The Morgan fingerprint density at radius 3 is 2.41 bits per heavy atom. The minimum absolute atomic E-state index is 0.141. The number of Topliss-reactive ketones (excluding diaryl/α,β-unsaturated/α-hetero) is 1. The molecule has 0 aliphatic carbocycles. The van der Waals surface area contributed by atoms with Crippen molar-refractivity contribution in [2.45, 2.75) is 25.9 Å². The van der Waals surface area contributed by atoms with Crippen molar-refractivity contribution >= 4 is 34.6 Å². The van der Waals surface area contributed by atoms with Crippen molar-refractivity contribution in [1.82, 2.24) is 0 Å². The van der Waals surface area contributed by atoms with E-state index in [1.54, 1.807) is 18.3 Å². The van der Waals surface area contributed by atoms with Gasteiger partial charge < -0.3 is 14.2 Å². The minimum Gasteiger partial charge on any atom is -0.493 e. The first-order valence-electron chi connectivity index (χ1n) is 11.1. The molecule has 0 radical (unpaired) electrons. The molecular weight excluding hydrogens is 432 g/mol. The van der Waals surface area contributed by atoms with Crippen LogP contribution in [0.1, 0.15) is 35.8 Å². The highest BCUT2D eigenvalue weighted by Gasteiger charge is 2.41. The number of anilines is 1. The molecule has 1 amide bonds. The van der Waals surface area contributed by atoms with E-state index in [2.05, 4.69) is 18.2 Å². The molecule has 0 saturated carbocycles. The molecule has 1 aliphatic heterocycles. The number of ketones is 1. The van der Waals surface area contributed by atoms with Gasteiger partial charge in [-0.05, 0) is 36.2 Å². The van der Waals surface area contributed by atoms with Crippen molar-refractivity contribution in [2.75, 3.05) is 26.2 Å². The highest BCUT2D eigenvalue weighted by atomic mass is 16.5. The average molecular weight is 461 g/mol. The van der Waals surface area contributed by atoms with Gasteiger partial charge in [-0.25, -0.2) is 4.79 Å². The Hall–Kier alpha value is -3.87. The summed E-state index contributed by atoms with van der Waals surface area (Å²) in [5, 5.41) is 2.26. The number of benzene rings is 3. The number of ether oxygens (including phenoxy) is 3. The summed E-state index contributed by atoms with van der Waals surface area (Å²) in [5.74, 6) is 0.0419. The third kappa shape index (κ3) is 3.98. The fourth-order valence-electron chi connectivity index (χ4n) is 4.52. The molecule has 1 heterocycles. The second kappa shape index (κ2) is 9.55. The van der Waals surface area contributed by atoms with E-state index in [0.717, 1.165) is 16.3 Å². The summed E-state index contributed by atoms with van der Waals surface area (Å²) >= 11 is 0. The number of hydrogen-bond donors (Lipinski definition) is 0. The number of carbonyl (C=O) groups is 2. The zero-order chi connectivity index (χ0) is 24.4. The van der Waals surface area contributed by atoms with E-state index in [1.807, 2.05) is 38.1 Å². The van der Waals surface area contributed by atoms with Gasteiger partial charge in [-0.15, -0.1) is 0 Å². The first-order chi connectivity index (χ1) is 16.4. The first-order valence-corrected chi connectivity index (χ1v) is 11.1. The molecule has 7 heteroatoms. The number of nitrogens with zero attached hydrogens (tertiary/aromatic N) is 2. The highest BCUT2D eigenvalue weighted by molar-refractivity contribution is 6.15. The van der Waals surface area contributed by atoms with E-state index in [1.165, 1.54) is 26.2 Å². The summed E-state index contributed by atoms with van der Waals surface area (Å²) < 4.78 is 15.8. The van der Waals surface area contributed by atoms with Gasteiger partial charge in [0.05, 0.1) is 45.0 Å². The quantitative estimate of drug-likeness (QED) is 0.472. The summed E-state index contributed by atoms with van der Waals surface area (Å²) in [7, 11) is 4.32. The van der Waals surface area contributed by atoms with Gasteiger partial charge in [0.1, 0.15) is 0 Å². The van der Waals surface area contributed by atoms with Crippen LogP contribution in [0.15, 0.2) is 59.6 Å². The van der Waals surface area contributed by atoms with Crippen molar-refractivity contribution in [1.29, 1.82) is 0 Å². The standard InChI is InChI=1S/C27H28N2O5/c1-16(19-12-8-10-18-9-6-7-11-20(18)19)28-15-22-17(2)29(27(31)34-5)23-14-25(33-4)24(32-3)13-21(23)26(22)30/h6-17,22H,1-5H3. The topological polar surface area (TPSA) is 77.4 Å². The lowest BCUT2D eigenvalue weighted by Crippen LogP contribution is -2.50. The lowest BCUT2D eigenvalue weighted by atomic mass is 9.85. The van der Waals surface area contributed by atoms with Crippen LogP contribution in [-0.4, -0.2) is 45.5 Å². The smallest absolute Gasteiger partial charge is 0.414 e. The molecular formula is C27H28N2O5. The van der Waals surface area contributed by atoms with Gasteiger partial charge in [0.25, 0.3) is 0 Å². The maximum absolute atomic E-state index is 13.5. The molecule has 0 bridgehead atoms. The number of rotatable bonds is 5. The van der Waals surface area contributed by atoms with Crippen LogP contribution in [0, 0.1) is 5.92 Å². The SMILES string of the molecule is COC(=O)N1c2cc(OC)c(OC)cc2C(=O)C(C=NC(C)c2cccc3ccccc23)C1C. The van der Waals surface area contributed by atoms with Crippen molar-refractivity contribution in [3.05, 3.63) is 65.7 Å². The molecule has 3 aromatic rings. The van der Waals surface area contributed by atoms with Crippen LogP contribution in [0.4, 0.5) is 10.5 Å². The molecule has 0 fully saturated rings. The second-order valence-corrected chi connectivity index (χ2v) is 8.24. The van der Waals surface area contributed by atoms with Crippen LogP contribution < -0.4 is 14.4 Å². The van der Waals surface area contributed by atoms with Gasteiger partial charge in [-0.2, -0.15) is 0 Å². The van der Waals surface area contributed by atoms with Crippen LogP contribution in [0.2, 0.25) is 0 Å². The molecule has 0 N–H and O–H groups in total. The predicted molar refractivity (Wildman–Crippen MR) is 133 cm³/mol. The van der Waals surface area contributed by atoms with Gasteiger partial charge in [0.2, 0.25) is 0 Å². The van der Waals surface area contributed by atoms with Gasteiger partial charge in [0, 0.05) is 17.8 Å². The Morgan fingerprint density at radius 1 is 1.03 bits per heavy atom. The van der Waals surface area contributed by atoms with E-state index in [9.17, 15) is 9.59 Å². The Morgan fingerprint density at radius 2 is 1.71 bits per heavy atom. The molecule has 3 aromatic carbocycles. The van der Waals surface area contributed by atoms with Crippen LogP contribution in [-0.2, 0) is 4.74 Å². The zero-order valence-electron chi connectivity index (χ0n) is 19.9. The van der Waals surface area contributed by atoms with Crippen LogP contribution >= 0.6 is 0 Å². The number of fused-ring (bicyclic) bond motifs is 2. The van der Waals surface area contributed by atoms with Gasteiger partial charge in [0.15, 0.2) is 17.3 Å². The van der Waals surface area contributed by atoms with Crippen LogP contribution in [0.3, 0.4) is 0 Å². The summed E-state index contributed by atoms with van der Waals surface area (Å²) in [6.45, 7) is 3.81. The van der Waals surface area contributed by atoms with Gasteiger partial charge >= 0.3 is 6.09 Å². The minimum atomic E-state index is -0.651. The van der Waals surface area contributed by atoms with Gasteiger partial charge in [-0.3, -0.25) is 14.7 Å². The van der Waals surface area contributed by atoms with Crippen molar-refractivity contribution in [3.63, 3.8) is 0 Å². The van der Waals surface area contributed by atoms with E-state index < -0.39 is 18.1 Å². The molecule has 3 atom stereocenters. The maximum atomic E-state index is 13.5. The average Bonchev–Trinajstić information content (AvgIpc) is 2.87. The van der Waals surface area contributed by atoms with E-state index >= 15 is 0 Å². The summed E-state index contributed by atoms with van der Waals surface area (Å²) in [5.41, 5.74) is 1.85. The zero-order valence-corrected chi connectivity index (χ0v) is 19.9. The monoisotopic (exact) mass is 460 g/mol. The van der Waals surface area contributed by atoms with Crippen molar-refractivity contribution < 1.29 is 23.8 Å². The Balaban J connectivity index is 1.74. The number of methoxy groups -OCH3 is 3. The maximum Gasteiger partial charge on any atom is 0.414 e. The molecule has 0 saturated heterocycles. The first kappa shape index (κ1) is 23.3. The second-order valence-electron chi connectivity index (χ2n) is 8.24. The molecule has 176 valence electrons. The Labute approximate surface area is 198 Å². The lowest BCUT2D eigenvalue weighted by molar-refractivity contribution is 0.0934. The van der Waals surface area contributed by atoms with E-state index in [0.29, 0.717) is 22.7 Å². The van der Waals surface area contributed by atoms with E-state index in [-0.39, 0.29) is 11.8 Å². The van der Waals surface area contributed by atoms with E-state index in [4.69, 9.17) is 19.2 Å². The Kier molecular flexibility index (Phi) is 6.54. The number of amides is 1. The molecule has 7 nitrogen and oxygen atoms in total. The molecule has 0 spiro atoms. The van der Waals surface area contributed by atoms with Crippen LogP contribution in [0.25, 0.3) is 10.8 Å². The number of aliphatic imine (C=N–C) groups is 1. The summed E-state index contributed by atoms with van der Waals surface area (Å²) in [6, 6.07) is 16.8. The van der Waals surface area contributed by atoms with Crippen molar-refractivity contribution in [3.8, 4) is 11.5 Å². The van der Waals surface area contributed by atoms with Crippen molar-refractivity contribution in [2.24, 2.45) is 10.9 Å². The highest BCUT2D eigenvalue weighted by Crippen LogP contribution is 2.41. The van der Waals surface area contributed by atoms with Crippen LogP contribution in [0.5, 0.6) is 11.5 Å².